The molecule has 1 heterocycles. The molecule has 4 rings (SSSR count). The number of esters is 2. The maximum atomic E-state index is 12.8. The number of hydrogen-bond donors (Lipinski definition) is 0. The summed E-state index contributed by atoms with van der Waals surface area (Å²) in [6.45, 7) is 2.84. The van der Waals surface area contributed by atoms with Crippen LogP contribution in [0.1, 0.15) is 57.5 Å². The predicted octanol–water partition coefficient (Wildman–Crippen LogP) is 4.38. The number of ether oxygens (including phenoxy) is 3. The first-order valence-electron chi connectivity index (χ1n) is 9.93. The number of hydrogen-bond acceptors (Lipinski definition) is 5. The average molecular weight is 392 g/mol. The summed E-state index contributed by atoms with van der Waals surface area (Å²) in [7, 11) is 0. The van der Waals surface area contributed by atoms with Crippen LogP contribution in [0.15, 0.2) is 54.6 Å². The SMILES string of the molecule is CC1(C2C=Cc3ccccc32)COC(=O)c2ccccc2C(=O)OCCCCO1. The van der Waals surface area contributed by atoms with E-state index in [9.17, 15) is 9.59 Å². The van der Waals surface area contributed by atoms with Crippen molar-refractivity contribution in [2.24, 2.45) is 0 Å². The molecule has 1 aliphatic carbocycles. The molecule has 0 saturated heterocycles. The summed E-state index contributed by atoms with van der Waals surface area (Å²) in [6.07, 6.45) is 5.63. The summed E-state index contributed by atoms with van der Waals surface area (Å²) in [5.41, 5.74) is 2.04. The van der Waals surface area contributed by atoms with Gasteiger partial charge in [0.2, 0.25) is 0 Å². The number of cyclic esters (lactones) is 2. The van der Waals surface area contributed by atoms with Gasteiger partial charge in [-0.2, -0.15) is 0 Å². The number of carbonyl (C=O) groups excluding carboxylic acids is 2. The molecule has 0 saturated carbocycles. The van der Waals surface area contributed by atoms with E-state index in [1.807, 2.05) is 19.1 Å². The molecule has 0 bridgehead atoms. The van der Waals surface area contributed by atoms with Crippen LogP contribution in [0.4, 0.5) is 0 Å². The van der Waals surface area contributed by atoms with Crippen LogP contribution in [0.5, 0.6) is 0 Å². The largest absolute Gasteiger partial charge is 0.462 e. The van der Waals surface area contributed by atoms with Gasteiger partial charge in [-0.1, -0.05) is 48.6 Å². The zero-order valence-electron chi connectivity index (χ0n) is 16.4. The predicted molar refractivity (Wildman–Crippen MR) is 109 cm³/mol. The van der Waals surface area contributed by atoms with Gasteiger partial charge < -0.3 is 14.2 Å². The van der Waals surface area contributed by atoms with E-state index in [1.54, 1.807) is 24.3 Å². The molecule has 2 unspecified atom stereocenters. The van der Waals surface area contributed by atoms with Crippen molar-refractivity contribution in [2.45, 2.75) is 31.3 Å². The molecule has 2 aliphatic rings. The number of carbonyl (C=O) groups is 2. The van der Waals surface area contributed by atoms with Gasteiger partial charge in [0, 0.05) is 12.5 Å². The molecular weight excluding hydrogens is 368 g/mol. The molecule has 5 heteroatoms. The summed E-state index contributed by atoms with van der Waals surface area (Å²) in [4.78, 5) is 25.2. The average Bonchev–Trinajstić information content (AvgIpc) is 3.19. The Balaban J connectivity index is 1.63. The Hall–Kier alpha value is -2.92. The van der Waals surface area contributed by atoms with Gasteiger partial charge in [-0.15, -0.1) is 0 Å². The lowest BCUT2D eigenvalue weighted by Crippen LogP contribution is -2.41. The molecule has 0 aromatic heterocycles. The van der Waals surface area contributed by atoms with Gasteiger partial charge in [0.25, 0.3) is 0 Å². The lowest BCUT2D eigenvalue weighted by molar-refractivity contribution is -0.0827. The van der Waals surface area contributed by atoms with Gasteiger partial charge >= 0.3 is 11.9 Å². The summed E-state index contributed by atoms with van der Waals surface area (Å²) in [6, 6.07) is 14.8. The minimum Gasteiger partial charge on any atom is -0.462 e. The van der Waals surface area contributed by atoms with E-state index < -0.39 is 17.5 Å². The summed E-state index contributed by atoms with van der Waals surface area (Å²) >= 11 is 0. The van der Waals surface area contributed by atoms with E-state index in [0.717, 1.165) is 17.5 Å². The van der Waals surface area contributed by atoms with Crippen molar-refractivity contribution in [3.63, 3.8) is 0 Å². The first-order valence-corrected chi connectivity index (χ1v) is 9.93. The van der Waals surface area contributed by atoms with Crippen LogP contribution in [-0.2, 0) is 14.2 Å². The highest BCUT2D eigenvalue weighted by atomic mass is 16.6. The van der Waals surface area contributed by atoms with Crippen molar-refractivity contribution in [3.05, 3.63) is 76.9 Å². The molecule has 0 N–H and O–H groups in total. The maximum absolute atomic E-state index is 12.8. The molecular formula is C24H24O5. The topological polar surface area (TPSA) is 61.8 Å². The summed E-state index contributed by atoms with van der Waals surface area (Å²) < 4.78 is 17.3. The van der Waals surface area contributed by atoms with E-state index in [-0.39, 0.29) is 30.3 Å². The maximum Gasteiger partial charge on any atom is 0.339 e. The molecule has 2 aromatic carbocycles. The monoisotopic (exact) mass is 392 g/mol. The fourth-order valence-corrected chi connectivity index (χ4v) is 3.88. The van der Waals surface area contributed by atoms with Crippen LogP contribution in [0.3, 0.4) is 0 Å². The third kappa shape index (κ3) is 3.96. The molecule has 2 atom stereocenters. The van der Waals surface area contributed by atoms with Gasteiger partial charge in [0.15, 0.2) is 0 Å². The van der Waals surface area contributed by atoms with Gasteiger partial charge in [0.05, 0.1) is 17.7 Å². The van der Waals surface area contributed by atoms with Crippen molar-refractivity contribution in [1.29, 1.82) is 0 Å². The van der Waals surface area contributed by atoms with E-state index in [1.165, 1.54) is 0 Å². The second-order valence-electron chi connectivity index (χ2n) is 7.59. The molecule has 0 amide bonds. The Morgan fingerprint density at radius 1 is 0.862 bits per heavy atom. The van der Waals surface area contributed by atoms with E-state index in [4.69, 9.17) is 14.2 Å². The molecule has 0 radical (unpaired) electrons. The molecule has 0 fully saturated rings. The van der Waals surface area contributed by atoms with Gasteiger partial charge in [-0.05, 0) is 43.0 Å². The van der Waals surface area contributed by atoms with Crippen molar-refractivity contribution < 1.29 is 23.8 Å². The van der Waals surface area contributed by atoms with Crippen molar-refractivity contribution in [2.75, 3.05) is 19.8 Å². The third-order valence-corrected chi connectivity index (χ3v) is 5.52. The van der Waals surface area contributed by atoms with E-state index in [2.05, 4.69) is 24.3 Å². The molecule has 0 spiro atoms. The zero-order valence-corrected chi connectivity index (χ0v) is 16.4. The lowest BCUT2D eigenvalue weighted by atomic mass is 9.85. The molecule has 5 nitrogen and oxygen atoms in total. The second kappa shape index (κ2) is 8.21. The van der Waals surface area contributed by atoms with Crippen molar-refractivity contribution in [3.8, 4) is 0 Å². The summed E-state index contributed by atoms with van der Waals surface area (Å²) in [5, 5.41) is 0. The van der Waals surface area contributed by atoms with Crippen molar-refractivity contribution in [1.82, 2.24) is 0 Å². The normalized spacial score (nSPS) is 24.9. The standard InChI is InChI=1S/C24H24O5/c1-24(21-13-12-17-8-2-3-9-18(17)21)16-28-23(26)20-11-5-4-10-19(20)22(25)27-14-6-7-15-29-24/h2-5,8-13,21H,6-7,14-16H2,1H3. The highest BCUT2D eigenvalue weighted by Crippen LogP contribution is 2.40. The summed E-state index contributed by atoms with van der Waals surface area (Å²) in [5.74, 6) is -1.08. The number of benzene rings is 2. The first kappa shape index (κ1) is 19.4. The minimum absolute atomic E-state index is 0.0234. The first-order chi connectivity index (χ1) is 14.1. The fourth-order valence-electron chi connectivity index (χ4n) is 3.88. The van der Waals surface area contributed by atoms with Crippen LogP contribution in [0, 0.1) is 0 Å². The number of rotatable bonds is 1. The Labute approximate surface area is 170 Å². The molecule has 2 aromatic rings. The van der Waals surface area contributed by atoms with Crippen LogP contribution < -0.4 is 0 Å². The second-order valence-corrected chi connectivity index (χ2v) is 7.59. The Kier molecular flexibility index (Phi) is 5.49. The van der Waals surface area contributed by atoms with Crippen molar-refractivity contribution >= 4 is 18.0 Å². The van der Waals surface area contributed by atoms with Gasteiger partial charge in [-0.3, -0.25) is 0 Å². The number of fused-ring (bicyclic) bond motifs is 2. The molecule has 29 heavy (non-hydrogen) atoms. The van der Waals surface area contributed by atoms with E-state index in [0.29, 0.717) is 13.0 Å². The minimum atomic E-state index is -0.716. The van der Waals surface area contributed by atoms with Crippen LogP contribution in [0.2, 0.25) is 0 Å². The molecule has 150 valence electrons. The Morgan fingerprint density at radius 3 is 2.31 bits per heavy atom. The van der Waals surface area contributed by atoms with E-state index >= 15 is 0 Å². The Bertz CT molecular complexity index is 948. The molecule has 1 aliphatic heterocycles. The van der Waals surface area contributed by atoms with Crippen LogP contribution >= 0.6 is 0 Å². The Morgan fingerprint density at radius 2 is 1.52 bits per heavy atom. The highest BCUT2D eigenvalue weighted by molar-refractivity contribution is 6.03. The smallest absolute Gasteiger partial charge is 0.339 e. The van der Waals surface area contributed by atoms with Crippen LogP contribution in [-0.4, -0.2) is 37.4 Å². The third-order valence-electron chi connectivity index (χ3n) is 5.52. The fraction of sp³-hybridized carbons (Fsp3) is 0.333. The van der Waals surface area contributed by atoms with Crippen LogP contribution in [0.25, 0.3) is 6.08 Å². The van der Waals surface area contributed by atoms with Gasteiger partial charge in [0.1, 0.15) is 12.2 Å². The zero-order chi connectivity index (χ0) is 20.3. The highest BCUT2D eigenvalue weighted by Gasteiger charge is 2.39. The van der Waals surface area contributed by atoms with Gasteiger partial charge in [-0.25, -0.2) is 9.59 Å². The quantitative estimate of drug-likeness (QED) is 0.674. The lowest BCUT2D eigenvalue weighted by Gasteiger charge is -2.35.